The van der Waals surface area contributed by atoms with E-state index in [0.717, 1.165) is 13.1 Å². The van der Waals surface area contributed by atoms with Crippen LogP contribution in [-0.2, 0) is 0 Å². The molecule has 0 spiro atoms. The molecule has 1 atom stereocenters. The van der Waals surface area contributed by atoms with Crippen molar-refractivity contribution in [1.29, 1.82) is 0 Å². The van der Waals surface area contributed by atoms with Crippen LogP contribution in [0.3, 0.4) is 0 Å². The molecule has 0 aromatic heterocycles. The lowest BCUT2D eigenvalue weighted by molar-refractivity contribution is 0.0719. The molecule has 1 fully saturated rings. The Bertz CT molecular complexity index is 442. The smallest absolute Gasteiger partial charge is 0.129 e. The highest BCUT2D eigenvalue weighted by Gasteiger charge is 2.35. The summed E-state index contributed by atoms with van der Waals surface area (Å²) < 4.78 is 14.0. The number of benzene rings is 1. The molecular weight excluding hydrogens is 263 g/mol. The first-order valence-electron chi connectivity index (χ1n) is 6.88. The molecule has 0 bridgehead atoms. The van der Waals surface area contributed by atoms with E-state index >= 15 is 0 Å². The molecule has 1 aromatic rings. The summed E-state index contributed by atoms with van der Waals surface area (Å²) in [6.07, 6.45) is 3.66. The van der Waals surface area contributed by atoms with Gasteiger partial charge in [0, 0.05) is 16.1 Å². The first kappa shape index (κ1) is 14.8. The third kappa shape index (κ3) is 3.10. The van der Waals surface area contributed by atoms with E-state index in [9.17, 15) is 4.39 Å². The van der Waals surface area contributed by atoms with Crippen molar-refractivity contribution >= 4 is 11.6 Å². The molecule has 0 saturated carbocycles. The van der Waals surface area contributed by atoms with E-state index in [4.69, 9.17) is 17.3 Å². The highest BCUT2D eigenvalue weighted by atomic mass is 35.5. The van der Waals surface area contributed by atoms with Crippen molar-refractivity contribution in [1.82, 2.24) is 4.90 Å². The fourth-order valence-electron chi connectivity index (χ4n) is 2.80. The van der Waals surface area contributed by atoms with Gasteiger partial charge in [-0.15, -0.1) is 0 Å². The van der Waals surface area contributed by atoms with E-state index in [2.05, 4.69) is 18.7 Å². The van der Waals surface area contributed by atoms with Gasteiger partial charge in [-0.1, -0.05) is 24.1 Å². The van der Waals surface area contributed by atoms with E-state index in [1.807, 2.05) is 0 Å². The number of nitrogens with zero attached hydrogens (tertiary/aromatic N) is 1. The van der Waals surface area contributed by atoms with Gasteiger partial charge in [0.25, 0.3) is 0 Å². The van der Waals surface area contributed by atoms with Crippen LogP contribution in [0.25, 0.3) is 0 Å². The molecule has 19 heavy (non-hydrogen) atoms. The summed E-state index contributed by atoms with van der Waals surface area (Å²) in [5.41, 5.74) is 6.62. The van der Waals surface area contributed by atoms with Gasteiger partial charge in [-0.3, -0.25) is 4.90 Å². The van der Waals surface area contributed by atoms with E-state index in [0.29, 0.717) is 10.6 Å². The molecule has 1 aliphatic rings. The van der Waals surface area contributed by atoms with Crippen LogP contribution in [0.1, 0.15) is 44.7 Å². The van der Waals surface area contributed by atoms with Crippen LogP contribution in [0.15, 0.2) is 18.2 Å². The molecule has 1 aliphatic heterocycles. The SMILES string of the molecule is CC(C)(C(N)c1ccc(Cl)cc1F)N1CCCCC1. The lowest BCUT2D eigenvalue weighted by Gasteiger charge is -2.44. The minimum absolute atomic E-state index is 0.255. The zero-order valence-electron chi connectivity index (χ0n) is 11.6. The molecular formula is C15H22ClFN2. The lowest BCUT2D eigenvalue weighted by atomic mass is 9.86. The summed E-state index contributed by atoms with van der Waals surface area (Å²) >= 11 is 5.79. The Morgan fingerprint density at radius 1 is 1.26 bits per heavy atom. The standard InChI is InChI=1S/C15H22ClFN2/c1-15(2,19-8-4-3-5-9-19)14(18)12-7-6-11(16)10-13(12)17/h6-7,10,14H,3-5,8-9,18H2,1-2H3. The van der Waals surface area contributed by atoms with E-state index < -0.39 is 0 Å². The second-order valence-electron chi connectivity index (χ2n) is 5.84. The molecule has 0 radical (unpaired) electrons. The zero-order valence-corrected chi connectivity index (χ0v) is 12.4. The van der Waals surface area contributed by atoms with E-state index in [-0.39, 0.29) is 17.4 Å². The largest absolute Gasteiger partial charge is 0.322 e. The van der Waals surface area contributed by atoms with Crippen molar-refractivity contribution in [2.45, 2.75) is 44.7 Å². The quantitative estimate of drug-likeness (QED) is 0.916. The van der Waals surface area contributed by atoms with Gasteiger partial charge in [-0.05, 0) is 51.9 Å². The molecule has 1 heterocycles. The molecule has 1 unspecified atom stereocenters. The average Bonchev–Trinajstić information content (AvgIpc) is 2.39. The number of likely N-dealkylation sites (tertiary alicyclic amines) is 1. The molecule has 2 rings (SSSR count). The van der Waals surface area contributed by atoms with Crippen LogP contribution in [0.5, 0.6) is 0 Å². The predicted molar refractivity (Wildman–Crippen MR) is 77.8 cm³/mol. The van der Waals surface area contributed by atoms with Crippen molar-refractivity contribution in [2.24, 2.45) is 5.73 Å². The highest BCUT2D eigenvalue weighted by molar-refractivity contribution is 6.30. The maximum atomic E-state index is 14.0. The van der Waals surface area contributed by atoms with Gasteiger partial charge in [-0.25, -0.2) is 4.39 Å². The Morgan fingerprint density at radius 2 is 1.89 bits per heavy atom. The number of piperidine rings is 1. The summed E-state index contributed by atoms with van der Waals surface area (Å²) in [7, 11) is 0. The van der Waals surface area contributed by atoms with Gasteiger partial charge in [0.1, 0.15) is 5.82 Å². The van der Waals surface area contributed by atoms with Gasteiger partial charge in [0.15, 0.2) is 0 Å². The second kappa shape index (κ2) is 5.78. The van der Waals surface area contributed by atoms with Crippen molar-refractivity contribution in [3.05, 3.63) is 34.6 Å². The van der Waals surface area contributed by atoms with Gasteiger partial charge >= 0.3 is 0 Å². The summed E-state index contributed by atoms with van der Waals surface area (Å²) in [5.74, 6) is -0.315. The van der Waals surface area contributed by atoms with Gasteiger partial charge in [-0.2, -0.15) is 0 Å². The predicted octanol–water partition coefficient (Wildman–Crippen LogP) is 3.74. The van der Waals surface area contributed by atoms with E-state index in [1.165, 1.54) is 25.3 Å². The highest BCUT2D eigenvalue weighted by Crippen LogP contribution is 2.33. The molecule has 1 aromatic carbocycles. The summed E-state index contributed by atoms with van der Waals surface area (Å²) in [4.78, 5) is 2.37. The Morgan fingerprint density at radius 3 is 2.47 bits per heavy atom. The maximum absolute atomic E-state index is 14.0. The lowest BCUT2D eigenvalue weighted by Crippen LogP contribution is -2.53. The van der Waals surface area contributed by atoms with Crippen LogP contribution in [0.4, 0.5) is 4.39 Å². The molecule has 1 saturated heterocycles. The Kier molecular flexibility index (Phi) is 4.49. The fourth-order valence-corrected chi connectivity index (χ4v) is 2.96. The van der Waals surface area contributed by atoms with E-state index in [1.54, 1.807) is 12.1 Å². The topological polar surface area (TPSA) is 29.3 Å². The summed E-state index contributed by atoms with van der Waals surface area (Å²) in [6.45, 7) is 6.26. The van der Waals surface area contributed by atoms with Crippen LogP contribution in [-0.4, -0.2) is 23.5 Å². The number of hydrogen-bond acceptors (Lipinski definition) is 2. The molecule has 2 nitrogen and oxygen atoms in total. The normalized spacial score (nSPS) is 19.4. The number of rotatable bonds is 3. The van der Waals surface area contributed by atoms with Crippen LogP contribution in [0.2, 0.25) is 5.02 Å². The van der Waals surface area contributed by atoms with Crippen molar-refractivity contribution in [3.63, 3.8) is 0 Å². The maximum Gasteiger partial charge on any atom is 0.129 e. The van der Waals surface area contributed by atoms with Crippen LogP contribution >= 0.6 is 11.6 Å². The Labute approximate surface area is 119 Å². The molecule has 2 N–H and O–H groups in total. The minimum Gasteiger partial charge on any atom is -0.322 e. The molecule has 0 amide bonds. The number of hydrogen-bond donors (Lipinski definition) is 1. The molecule has 0 aliphatic carbocycles. The molecule has 106 valence electrons. The second-order valence-corrected chi connectivity index (χ2v) is 6.28. The number of nitrogens with two attached hydrogens (primary N) is 1. The van der Waals surface area contributed by atoms with Crippen molar-refractivity contribution < 1.29 is 4.39 Å². The first-order chi connectivity index (χ1) is 8.93. The average molecular weight is 285 g/mol. The summed E-state index contributed by atoms with van der Waals surface area (Å²) in [6, 6.07) is 4.38. The third-order valence-electron chi connectivity index (χ3n) is 4.23. The van der Waals surface area contributed by atoms with Gasteiger partial charge < -0.3 is 5.73 Å². The Balaban J connectivity index is 2.23. The molecule has 4 heteroatoms. The Hall–Kier alpha value is -0.640. The third-order valence-corrected chi connectivity index (χ3v) is 4.46. The first-order valence-corrected chi connectivity index (χ1v) is 7.26. The van der Waals surface area contributed by atoms with Crippen molar-refractivity contribution in [2.75, 3.05) is 13.1 Å². The van der Waals surface area contributed by atoms with Crippen LogP contribution < -0.4 is 5.73 Å². The fraction of sp³-hybridized carbons (Fsp3) is 0.600. The summed E-state index contributed by atoms with van der Waals surface area (Å²) in [5, 5.41) is 0.407. The number of halogens is 2. The van der Waals surface area contributed by atoms with Crippen LogP contribution in [0, 0.1) is 5.82 Å². The monoisotopic (exact) mass is 284 g/mol. The van der Waals surface area contributed by atoms with Gasteiger partial charge in [0.2, 0.25) is 0 Å². The van der Waals surface area contributed by atoms with Crippen molar-refractivity contribution in [3.8, 4) is 0 Å². The zero-order chi connectivity index (χ0) is 14.0. The minimum atomic E-state index is -0.358. The van der Waals surface area contributed by atoms with Gasteiger partial charge in [0.05, 0.1) is 6.04 Å².